The predicted molar refractivity (Wildman–Crippen MR) is 69.1 cm³/mol. The number of pyridine rings is 1. The van der Waals surface area contributed by atoms with Crippen LogP contribution >= 0.6 is 0 Å². The minimum absolute atomic E-state index is 0.300. The van der Waals surface area contributed by atoms with Gasteiger partial charge in [-0.25, -0.2) is 4.98 Å². The molecule has 0 bridgehead atoms. The molecule has 1 aliphatic rings. The third-order valence-corrected chi connectivity index (χ3v) is 3.59. The van der Waals surface area contributed by atoms with Crippen molar-refractivity contribution in [3.05, 3.63) is 18.0 Å². The van der Waals surface area contributed by atoms with E-state index in [1.54, 1.807) is 6.07 Å². The maximum Gasteiger partial charge on any atom is 0.497 e. The molecule has 1 aromatic heterocycles. The standard InChI is InChI=1S/C12H16BN3O2/c1-11(2)12(3,4)18-13(17-11)9-5-8(6-14)16-7-10(9)15/h5,7H,15H2,1-4H3. The quantitative estimate of drug-likeness (QED) is 0.741. The van der Waals surface area contributed by atoms with Gasteiger partial charge in [-0.3, -0.25) is 0 Å². The van der Waals surface area contributed by atoms with E-state index < -0.39 is 18.3 Å². The Balaban J connectivity index is 2.38. The normalized spacial score (nSPS) is 20.7. The van der Waals surface area contributed by atoms with E-state index in [9.17, 15) is 0 Å². The number of hydrogen-bond acceptors (Lipinski definition) is 5. The van der Waals surface area contributed by atoms with Crippen LogP contribution in [0.4, 0.5) is 5.69 Å². The number of hydrogen-bond donors (Lipinski definition) is 1. The van der Waals surface area contributed by atoms with Gasteiger partial charge in [0.2, 0.25) is 0 Å². The molecule has 2 N–H and O–H groups in total. The molecule has 0 unspecified atom stereocenters. The Morgan fingerprint density at radius 1 is 1.28 bits per heavy atom. The van der Waals surface area contributed by atoms with Crippen molar-refractivity contribution in [2.24, 2.45) is 0 Å². The maximum absolute atomic E-state index is 8.87. The fourth-order valence-electron chi connectivity index (χ4n) is 1.72. The lowest BCUT2D eigenvalue weighted by Crippen LogP contribution is -2.41. The first-order chi connectivity index (χ1) is 8.27. The summed E-state index contributed by atoms with van der Waals surface area (Å²) in [4.78, 5) is 3.90. The van der Waals surface area contributed by atoms with Gasteiger partial charge in [0.25, 0.3) is 0 Å². The summed E-state index contributed by atoms with van der Waals surface area (Å²) < 4.78 is 11.8. The Labute approximate surface area is 107 Å². The average Bonchev–Trinajstić information content (AvgIpc) is 2.48. The van der Waals surface area contributed by atoms with E-state index in [1.165, 1.54) is 6.20 Å². The number of nitrogens with zero attached hydrogens (tertiary/aromatic N) is 2. The molecular formula is C12H16BN3O2. The molecule has 5 nitrogen and oxygen atoms in total. The first kappa shape index (κ1) is 12.9. The molecule has 2 heterocycles. The molecule has 0 atom stereocenters. The van der Waals surface area contributed by atoms with Crippen LogP contribution in [0.15, 0.2) is 12.3 Å². The molecule has 1 fully saturated rings. The number of rotatable bonds is 1. The highest BCUT2D eigenvalue weighted by Crippen LogP contribution is 2.36. The van der Waals surface area contributed by atoms with Crippen molar-refractivity contribution in [2.45, 2.75) is 38.9 Å². The molecule has 0 saturated carbocycles. The topological polar surface area (TPSA) is 81.2 Å². The Hall–Kier alpha value is -1.58. The molecule has 0 amide bonds. The van der Waals surface area contributed by atoms with Crippen molar-refractivity contribution >= 4 is 18.3 Å². The van der Waals surface area contributed by atoms with E-state index in [4.69, 9.17) is 20.3 Å². The lowest BCUT2D eigenvalue weighted by molar-refractivity contribution is 0.00578. The molecule has 18 heavy (non-hydrogen) atoms. The largest absolute Gasteiger partial charge is 0.497 e. The van der Waals surface area contributed by atoms with Crippen molar-refractivity contribution in [1.29, 1.82) is 5.26 Å². The van der Waals surface area contributed by atoms with E-state index in [0.717, 1.165) is 0 Å². The summed E-state index contributed by atoms with van der Waals surface area (Å²) in [6.07, 6.45) is 1.46. The van der Waals surface area contributed by atoms with Gasteiger partial charge >= 0.3 is 7.12 Å². The summed E-state index contributed by atoms with van der Waals surface area (Å²) in [6.45, 7) is 7.87. The number of nitrogens with two attached hydrogens (primary N) is 1. The van der Waals surface area contributed by atoms with Gasteiger partial charge in [-0.15, -0.1) is 0 Å². The van der Waals surface area contributed by atoms with Crippen LogP contribution < -0.4 is 11.2 Å². The minimum atomic E-state index is -0.565. The summed E-state index contributed by atoms with van der Waals surface area (Å²) in [5, 5.41) is 8.87. The van der Waals surface area contributed by atoms with E-state index in [2.05, 4.69) is 4.98 Å². The van der Waals surface area contributed by atoms with Crippen molar-refractivity contribution in [3.8, 4) is 6.07 Å². The summed E-state index contributed by atoms with van der Waals surface area (Å²) >= 11 is 0. The number of anilines is 1. The summed E-state index contributed by atoms with van der Waals surface area (Å²) in [6, 6.07) is 3.59. The number of nitrogen functional groups attached to an aromatic ring is 1. The van der Waals surface area contributed by atoms with Crippen LogP contribution in [0, 0.1) is 11.3 Å². The molecule has 0 aliphatic carbocycles. The van der Waals surface area contributed by atoms with Crippen LogP contribution in [-0.4, -0.2) is 23.3 Å². The zero-order valence-corrected chi connectivity index (χ0v) is 11.0. The first-order valence-electron chi connectivity index (χ1n) is 5.78. The fraction of sp³-hybridized carbons (Fsp3) is 0.500. The SMILES string of the molecule is CC1(C)OB(c2cc(C#N)ncc2N)OC1(C)C. The lowest BCUT2D eigenvalue weighted by atomic mass is 9.78. The van der Waals surface area contributed by atoms with Crippen LogP contribution in [0.2, 0.25) is 0 Å². The van der Waals surface area contributed by atoms with E-state index in [1.807, 2.05) is 33.8 Å². The molecule has 6 heteroatoms. The zero-order chi connectivity index (χ0) is 13.6. The maximum atomic E-state index is 8.87. The molecule has 0 radical (unpaired) electrons. The van der Waals surface area contributed by atoms with Gasteiger partial charge in [-0.1, -0.05) is 0 Å². The molecule has 1 aliphatic heterocycles. The summed E-state index contributed by atoms with van der Waals surface area (Å²) in [5.41, 5.74) is 6.43. The van der Waals surface area contributed by atoms with Gasteiger partial charge in [-0.2, -0.15) is 5.26 Å². The predicted octanol–water partition coefficient (Wildman–Crippen LogP) is 0.835. The first-order valence-corrected chi connectivity index (χ1v) is 5.78. The van der Waals surface area contributed by atoms with E-state index in [-0.39, 0.29) is 0 Å². The van der Waals surface area contributed by atoms with Crippen LogP contribution in [0.3, 0.4) is 0 Å². The van der Waals surface area contributed by atoms with E-state index in [0.29, 0.717) is 16.8 Å². The number of aromatic nitrogens is 1. The highest BCUT2D eigenvalue weighted by molar-refractivity contribution is 6.63. The molecule has 1 aromatic rings. The third kappa shape index (κ3) is 1.96. The second-order valence-corrected chi connectivity index (χ2v) is 5.40. The molecule has 1 saturated heterocycles. The molecule has 0 spiro atoms. The summed E-state index contributed by atoms with van der Waals surface area (Å²) in [5.74, 6) is 0. The molecule has 2 rings (SSSR count). The Bertz CT molecular complexity index is 507. The van der Waals surface area contributed by atoms with Crippen molar-refractivity contribution < 1.29 is 9.31 Å². The van der Waals surface area contributed by atoms with Crippen molar-refractivity contribution in [1.82, 2.24) is 4.98 Å². The monoisotopic (exact) mass is 245 g/mol. The van der Waals surface area contributed by atoms with Crippen molar-refractivity contribution in [3.63, 3.8) is 0 Å². The Morgan fingerprint density at radius 2 is 1.83 bits per heavy atom. The molecular weight excluding hydrogens is 229 g/mol. The van der Waals surface area contributed by atoms with E-state index >= 15 is 0 Å². The van der Waals surface area contributed by atoms with Gasteiger partial charge < -0.3 is 15.0 Å². The van der Waals surface area contributed by atoms with Gasteiger partial charge in [-0.05, 0) is 33.8 Å². The highest BCUT2D eigenvalue weighted by Gasteiger charge is 2.52. The van der Waals surface area contributed by atoms with Gasteiger partial charge in [0.05, 0.1) is 17.4 Å². The number of nitriles is 1. The Morgan fingerprint density at radius 3 is 2.33 bits per heavy atom. The second-order valence-electron chi connectivity index (χ2n) is 5.40. The van der Waals surface area contributed by atoms with Crippen molar-refractivity contribution in [2.75, 3.05) is 5.73 Å². The smallest absolute Gasteiger partial charge is 0.399 e. The lowest BCUT2D eigenvalue weighted by Gasteiger charge is -2.32. The highest BCUT2D eigenvalue weighted by atomic mass is 16.7. The van der Waals surface area contributed by atoms with Crippen LogP contribution in [0.1, 0.15) is 33.4 Å². The third-order valence-electron chi connectivity index (χ3n) is 3.59. The van der Waals surface area contributed by atoms with Crippen LogP contribution in [0.25, 0.3) is 0 Å². The van der Waals surface area contributed by atoms with Crippen LogP contribution in [-0.2, 0) is 9.31 Å². The van der Waals surface area contributed by atoms with Crippen LogP contribution in [0.5, 0.6) is 0 Å². The Kier molecular flexibility index (Phi) is 2.84. The minimum Gasteiger partial charge on any atom is -0.399 e. The molecule has 0 aromatic carbocycles. The van der Waals surface area contributed by atoms with Gasteiger partial charge in [0.1, 0.15) is 11.8 Å². The fourth-order valence-corrected chi connectivity index (χ4v) is 1.72. The van der Waals surface area contributed by atoms with Gasteiger partial charge in [0.15, 0.2) is 0 Å². The summed E-state index contributed by atoms with van der Waals surface area (Å²) in [7, 11) is -0.565. The second kappa shape index (κ2) is 3.97. The van der Waals surface area contributed by atoms with Gasteiger partial charge in [0, 0.05) is 11.2 Å². The average molecular weight is 245 g/mol. The molecule has 94 valence electrons. The zero-order valence-electron chi connectivity index (χ0n) is 11.0.